The zero-order chi connectivity index (χ0) is 13.8. The van der Waals surface area contributed by atoms with Crippen molar-refractivity contribution in [3.63, 3.8) is 0 Å². The first-order valence-electron chi connectivity index (χ1n) is 5.45. The Kier molecular flexibility index (Phi) is 4.50. The predicted molar refractivity (Wildman–Crippen MR) is 79.4 cm³/mol. The van der Waals surface area contributed by atoms with Gasteiger partial charge < -0.3 is 9.84 Å². The number of benzene rings is 2. The number of rotatable bonds is 4. The Morgan fingerprint density at radius 1 is 1.21 bits per heavy atom. The Morgan fingerprint density at radius 2 is 1.95 bits per heavy atom. The summed E-state index contributed by atoms with van der Waals surface area (Å²) in [6.07, 6.45) is 1.95. The molecular weight excluding hydrogens is 328 g/mol. The van der Waals surface area contributed by atoms with E-state index >= 15 is 0 Å². The van der Waals surface area contributed by atoms with E-state index in [2.05, 4.69) is 15.9 Å². The number of halogens is 1. The van der Waals surface area contributed by atoms with E-state index in [0.29, 0.717) is 16.0 Å². The summed E-state index contributed by atoms with van der Waals surface area (Å²) in [7, 11) is 0. The van der Waals surface area contributed by atoms with E-state index in [9.17, 15) is 9.90 Å². The Morgan fingerprint density at radius 3 is 2.63 bits per heavy atom. The SMILES string of the molecule is CSc1ccccc1Oc1ccc(Br)cc1C(=O)O. The normalized spacial score (nSPS) is 10.2. The van der Waals surface area contributed by atoms with Crippen molar-refractivity contribution in [3.8, 4) is 11.5 Å². The van der Waals surface area contributed by atoms with Crippen molar-refractivity contribution in [2.45, 2.75) is 4.90 Å². The van der Waals surface area contributed by atoms with Gasteiger partial charge in [0.2, 0.25) is 0 Å². The number of hydrogen-bond acceptors (Lipinski definition) is 3. The molecule has 3 nitrogen and oxygen atoms in total. The summed E-state index contributed by atoms with van der Waals surface area (Å²) in [4.78, 5) is 12.2. The fourth-order valence-electron chi connectivity index (χ4n) is 1.58. The molecule has 0 spiro atoms. The average molecular weight is 339 g/mol. The number of carboxylic acids is 1. The van der Waals surface area contributed by atoms with Crippen LogP contribution in [0.4, 0.5) is 0 Å². The molecule has 5 heteroatoms. The van der Waals surface area contributed by atoms with Gasteiger partial charge in [0.05, 0.1) is 0 Å². The second-order valence-corrected chi connectivity index (χ2v) is 5.46. The summed E-state index contributed by atoms with van der Waals surface area (Å²) in [5.74, 6) is -0.0324. The van der Waals surface area contributed by atoms with Crippen molar-refractivity contribution < 1.29 is 14.6 Å². The van der Waals surface area contributed by atoms with E-state index in [4.69, 9.17) is 4.74 Å². The van der Waals surface area contributed by atoms with Crippen molar-refractivity contribution in [1.82, 2.24) is 0 Å². The number of ether oxygens (including phenoxy) is 1. The van der Waals surface area contributed by atoms with E-state index in [1.165, 1.54) is 6.07 Å². The third-order valence-electron chi connectivity index (χ3n) is 2.46. The molecule has 0 aliphatic rings. The Hall–Kier alpha value is -1.46. The summed E-state index contributed by atoms with van der Waals surface area (Å²) < 4.78 is 6.43. The fourth-order valence-corrected chi connectivity index (χ4v) is 2.47. The van der Waals surface area contributed by atoms with Gasteiger partial charge in [-0.05, 0) is 36.6 Å². The van der Waals surface area contributed by atoms with Gasteiger partial charge >= 0.3 is 5.97 Å². The molecule has 0 aliphatic carbocycles. The molecule has 2 aromatic rings. The van der Waals surface area contributed by atoms with Gasteiger partial charge in [-0.2, -0.15) is 0 Å². The smallest absolute Gasteiger partial charge is 0.339 e. The Bertz CT molecular complexity index is 613. The van der Waals surface area contributed by atoms with Gasteiger partial charge in [-0.1, -0.05) is 28.1 Å². The van der Waals surface area contributed by atoms with E-state index in [0.717, 1.165) is 4.90 Å². The van der Waals surface area contributed by atoms with Crippen molar-refractivity contribution in [2.75, 3.05) is 6.26 Å². The number of carboxylic acid groups (broad SMARTS) is 1. The molecule has 0 bridgehead atoms. The molecule has 0 saturated carbocycles. The van der Waals surface area contributed by atoms with Gasteiger partial charge in [0.1, 0.15) is 17.1 Å². The molecule has 0 aliphatic heterocycles. The summed E-state index contributed by atoms with van der Waals surface area (Å²) in [5.41, 5.74) is 0.130. The number of carbonyl (C=O) groups is 1. The van der Waals surface area contributed by atoms with Crippen LogP contribution >= 0.6 is 27.7 Å². The fraction of sp³-hybridized carbons (Fsp3) is 0.0714. The Balaban J connectivity index is 2.41. The molecule has 0 unspecified atom stereocenters. The quantitative estimate of drug-likeness (QED) is 0.823. The van der Waals surface area contributed by atoms with Crippen molar-refractivity contribution in [3.05, 3.63) is 52.5 Å². The lowest BCUT2D eigenvalue weighted by Crippen LogP contribution is -2.00. The lowest BCUT2D eigenvalue weighted by atomic mass is 10.2. The van der Waals surface area contributed by atoms with E-state index in [1.54, 1.807) is 23.9 Å². The molecule has 0 heterocycles. The number of para-hydroxylation sites is 1. The summed E-state index contributed by atoms with van der Waals surface area (Å²) >= 11 is 4.81. The van der Waals surface area contributed by atoms with Gasteiger partial charge in [0.25, 0.3) is 0 Å². The minimum absolute atomic E-state index is 0.130. The molecule has 2 aromatic carbocycles. The Labute approximate surface area is 123 Å². The third kappa shape index (κ3) is 3.30. The van der Waals surface area contributed by atoms with Crippen LogP contribution in [0.25, 0.3) is 0 Å². The second-order valence-electron chi connectivity index (χ2n) is 3.70. The molecule has 0 fully saturated rings. The number of aromatic carboxylic acids is 1. The molecule has 98 valence electrons. The van der Waals surface area contributed by atoms with Crippen LogP contribution in [-0.4, -0.2) is 17.3 Å². The monoisotopic (exact) mass is 338 g/mol. The first-order chi connectivity index (χ1) is 9.11. The average Bonchev–Trinajstić information content (AvgIpc) is 2.41. The zero-order valence-electron chi connectivity index (χ0n) is 10.1. The lowest BCUT2D eigenvalue weighted by Gasteiger charge is -2.11. The molecule has 0 saturated heterocycles. The van der Waals surface area contributed by atoms with Crippen LogP contribution in [-0.2, 0) is 0 Å². The summed E-state index contributed by atoms with van der Waals surface area (Å²) in [6.45, 7) is 0. The highest BCUT2D eigenvalue weighted by molar-refractivity contribution is 9.10. The van der Waals surface area contributed by atoms with Crippen LogP contribution in [0.3, 0.4) is 0 Å². The molecular formula is C14H11BrO3S. The number of hydrogen-bond donors (Lipinski definition) is 1. The van der Waals surface area contributed by atoms with Crippen molar-refractivity contribution >= 4 is 33.7 Å². The van der Waals surface area contributed by atoms with Crippen LogP contribution in [0, 0.1) is 0 Å². The topological polar surface area (TPSA) is 46.5 Å². The van der Waals surface area contributed by atoms with Crippen LogP contribution in [0.5, 0.6) is 11.5 Å². The molecule has 0 atom stereocenters. The van der Waals surface area contributed by atoms with E-state index < -0.39 is 5.97 Å². The first-order valence-corrected chi connectivity index (χ1v) is 7.47. The molecule has 0 amide bonds. The van der Waals surface area contributed by atoms with Gasteiger partial charge in [0.15, 0.2) is 0 Å². The van der Waals surface area contributed by atoms with Gasteiger partial charge in [-0.15, -0.1) is 11.8 Å². The van der Waals surface area contributed by atoms with Crippen LogP contribution in [0.15, 0.2) is 51.8 Å². The van der Waals surface area contributed by atoms with Crippen molar-refractivity contribution in [2.24, 2.45) is 0 Å². The summed E-state index contributed by atoms with van der Waals surface area (Å²) in [6, 6.07) is 12.4. The minimum Gasteiger partial charge on any atom is -0.478 e. The van der Waals surface area contributed by atoms with Gasteiger partial charge in [0, 0.05) is 9.37 Å². The van der Waals surface area contributed by atoms with Gasteiger partial charge in [-0.3, -0.25) is 0 Å². The third-order valence-corrected chi connectivity index (χ3v) is 3.73. The number of thioether (sulfide) groups is 1. The van der Waals surface area contributed by atoms with Crippen LogP contribution < -0.4 is 4.74 Å². The molecule has 19 heavy (non-hydrogen) atoms. The maximum atomic E-state index is 11.2. The highest BCUT2D eigenvalue weighted by Crippen LogP contribution is 2.33. The molecule has 0 aromatic heterocycles. The van der Waals surface area contributed by atoms with E-state index in [1.807, 2.05) is 30.5 Å². The van der Waals surface area contributed by atoms with Crippen LogP contribution in [0.2, 0.25) is 0 Å². The van der Waals surface area contributed by atoms with Gasteiger partial charge in [-0.25, -0.2) is 4.79 Å². The standard InChI is InChI=1S/C14H11BrO3S/c1-19-13-5-3-2-4-12(13)18-11-7-6-9(15)8-10(11)14(16)17/h2-8H,1H3,(H,16,17). The maximum Gasteiger partial charge on any atom is 0.339 e. The first kappa shape index (κ1) is 14.0. The van der Waals surface area contributed by atoms with E-state index in [-0.39, 0.29) is 5.56 Å². The van der Waals surface area contributed by atoms with Crippen molar-refractivity contribution in [1.29, 1.82) is 0 Å². The second kappa shape index (κ2) is 6.12. The molecule has 0 radical (unpaired) electrons. The predicted octanol–water partition coefficient (Wildman–Crippen LogP) is 4.66. The van der Waals surface area contributed by atoms with Crippen LogP contribution in [0.1, 0.15) is 10.4 Å². The molecule has 2 rings (SSSR count). The zero-order valence-corrected chi connectivity index (χ0v) is 12.5. The maximum absolute atomic E-state index is 11.2. The minimum atomic E-state index is -1.02. The summed E-state index contributed by atoms with van der Waals surface area (Å²) in [5, 5.41) is 9.19. The highest BCUT2D eigenvalue weighted by Gasteiger charge is 2.13. The highest BCUT2D eigenvalue weighted by atomic mass is 79.9. The lowest BCUT2D eigenvalue weighted by molar-refractivity contribution is 0.0694. The largest absolute Gasteiger partial charge is 0.478 e. The molecule has 1 N–H and O–H groups in total.